The van der Waals surface area contributed by atoms with Crippen molar-refractivity contribution in [3.63, 3.8) is 0 Å². The largest absolute Gasteiger partial charge is 0.329 e. The lowest BCUT2D eigenvalue weighted by Crippen LogP contribution is -2.29. The van der Waals surface area contributed by atoms with Gasteiger partial charge in [0.15, 0.2) is 0 Å². The van der Waals surface area contributed by atoms with Gasteiger partial charge in [0.25, 0.3) is 0 Å². The number of hydrogen-bond acceptors (Lipinski definition) is 2. The van der Waals surface area contributed by atoms with Crippen molar-refractivity contribution in [2.24, 2.45) is 5.73 Å². The number of hydrogen-bond donors (Lipinski definition) is 2. The van der Waals surface area contributed by atoms with Gasteiger partial charge in [-0.25, -0.2) is 4.39 Å². The van der Waals surface area contributed by atoms with E-state index < -0.39 is 0 Å². The van der Waals surface area contributed by atoms with Gasteiger partial charge in [-0.15, -0.1) is 0 Å². The Bertz CT molecular complexity index is 352. The molecular weight excluding hydrogens is 215 g/mol. The molecule has 1 aliphatic carbocycles. The topological polar surface area (TPSA) is 38.0 Å². The zero-order valence-electron chi connectivity index (χ0n) is 8.34. The van der Waals surface area contributed by atoms with Gasteiger partial charge in [-0.3, -0.25) is 0 Å². The van der Waals surface area contributed by atoms with Crippen LogP contribution in [-0.2, 0) is 0 Å². The standard InChI is InChI=1S/C11H14ClFN2/c12-9-4-1-7(5-10(9)13)11(6-14)15-8-2-3-8/h1,4-5,8,11,15H,2-3,6,14H2. The third-order valence-electron chi connectivity index (χ3n) is 2.60. The summed E-state index contributed by atoms with van der Waals surface area (Å²) in [7, 11) is 0. The molecule has 1 aromatic carbocycles. The second-order valence-electron chi connectivity index (χ2n) is 3.90. The summed E-state index contributed by atoms with van der Waals surface area (Å²) >= 11 is 5.62. The number of halogens is 2. The summed E-state index contributed by atoms with van der Waals surface area (Å²) in [5.41, 5.74) is 6.52. The average Bonchev–Trinajstić information content (AvgIpc) is 3.02. The zero-order valence-corrected chi connectivity index (χ0v) is 9.10. The number of nitrogens with one attached hydrogen (secondary N) is 1. The van der Waals surface area contributed by atoms with E-state index in [1.807, 2.05) is 6.07 Å². The molecule has 1 fully saturated rings. The molecule has 0 heterocycles. The van der Waals surface area contributed by atoms with Crippen molar-refractivity contribution in [1.29, 1.82) is 0 Å². The first-order valence-electron chi connectivity index (χ1n) is 5.12. The maximum atomic E-state index is 13.2. The van der Waals surface area contributed by atoms with Gasteiger partial charge in [0.2, 0.25) is 0 Å². The highest BCUT2D eigenvalue weighted by molar-refractivity contribution is 6.30. The molecule has 3 N–H and O–H groups in total. The predicted octanol–water partition coefficient (Wildman–Crippen LogP) is 2.23. The Morgan fingerprint density at radius 2 is 2.27 bits per heavy atom. The van der Waals surface area contributed by atoms with Gasteiger partial charge in [-0.05, 0) is 30.5 Å². The number of benzene rings is 1. The zero-order chi connectivity index (χ0) is 10.8. The van der Waals surface area contributed by atoms with E-state index in [9.17, 15) is 4.39 Å². The molecule has 4 heteroatoms. The van der Waals surface area contributed by atoms with E-state index in [1.54, 1.807) is 6.07 Å². The van der Waals surface area contributed by atoms with E-state index in [0.717, 1.165) is 5.56 Å². The van der Waals surface area contributed by atoms with Crippen LogP contribution in [0.5, 0.6) is 0 Å². The maximum Gasteiger partial charge on any atom is 0.142 e. The van der Waals surface area contributed by atoms with Crippen LogP contribution in [0.1, 0.15) is 24.4 Å². The summed E-state index contributed by atoms with van der Waals surface area (Å²) in [5, 5.41) is 3.52. The second-order valence-corrected chi connectivity index (χ2v) is 4.31. The lowest BCUT2D eigenvalue weighted by Gasteiger charge is -2.17. The molecule has 1 aliphatic rings. The monoisotopic (exact) mass is 228 g/mol. The smallest absolute Gasteiger partial charge is 0.142 e. The van der Waals surface area contributed by atoms with E-state index in [2.05, 4.69) is 5.32 Å². The van der Waals surface area contributed by atoms with Crippen LogP contribution in [0.4, 0.5) is 4.39 Å². The molecule has 1 unspecified atom stereocenters. The summed E-state index contributed by atoms with van der Waals surface area (Å²) in [4.78, 5) is 0. The molecule has 0 aliphatic heterocycles. The van der Waals surface area contributed by atoms with Crippen LogP contribution in [0.3, 0.4) is 0 Å². The van der Waals surface area contributed by atoms with E-state index in [0.29, 0.717) is 12.6 Å². The third-order valence-corrected chi connectivity index (χ3v) is 2.90. The molecule has 0 amide bonds. The van der Waals surface area contributed by atoms with Crippen LogP contribution < -0.4 is 11.1 Å². The summed E-state index contributed by atoms with van der Waals surface area (Å²) in [6.45, 7) is 0.470. The van der Waals surface area contributed by atoms with E-state index in [-0.39, 0.29) is 16.9 Å². The van der Waals surface area contributed by atoms with Crippen molar-refractivity contribution < 1.29 is 4.39 Å². The Balaban J connectivity index is 2.13. The summed E-state index contributed by atoms with van der Waals surface area (Å²) < 4.78 is 13.2. The van der Waals surface area contributed by atoms with Crippen molar-refractivity contribution in [1.82, 2.24) is 5.32 Å². The Morgan fingerprint density at radius 3 is 2.80 bits per heavy atom. The van der Waals surface area contributed by atoms with Crippen molar-refractivity contribution in [3.05, 3.63) is 34.6 Å². The Morgan fingerprint density at radius 1 is 1.53 bits per heavy atom. The van der Waals surface area contributed by atoms with Gasteiger partial charge in [-0.1, -0.05) is 17.7 Å². The van der Waals surface area contributed by atoms with E-state index in [4.69, 9.17) is 17.3 Å². The molecule has 82 valence electrons. The molecular formula is C11H14ClFN2. The van der Waals surface area contributed by atoms with E-state index in [1.165, 1.54) is 18.9 Å². The minimum atomic E-state index is -0.384. The fourth-order valence-electron chi connectivity index (χ4n) is 1.56. The minimum absolute atomic E-state index is 0.0317. The summed E-state index contributed by atoms with van der Waals surface area (Å²) in [6, 6.07) is 5.43. The lowest BCUT2D eigenvalue weighted by atomic mass is 10.1. The number of rotatable bonds is 4. The molecule has 1 aromatic rings. The van der Waals surface area contributed by atoms with Crippen LogP contribution in [0.25, 0.3) is 0 Å². The summed E-state index contributed by atoms with van der Waals surface area (Å²) in [5.74, 6) is -0.384. The first-order valence-corrected chi connectivity index (χ1v) is 5.49. The number of nitrogens with two attached hydrogens (primary N) is 1. The molecule has 15 heavy (non-hydrogen) atoms. The molecule has 0 spiro atoms. The summed E-state index contributed by atoms with van der Waals surface area (Å²) in [6.07, 6.45) is 2.37. The van der Waals surface area contributed by atoms with Crippen LogP contribution in [0.2, 0.25) is 5.02 Å². The molecule has 0 radical (unpaired) electrons. The van der Waals surface area contributed by atoms with Crippen molar-refractivity contribution in [2.75, 3.05) is 6.54 Å². The molecule has 2 rings (SSSR count). The van der Waals surface area contributed by atoms with Gasteiger partial charge < -0.3 is 11.1 Å². The fraction of sp³-hybridized carbons (Fsp3) is 0.455. The van der Waals surface area contributed by atoms with Crippen LogP contribution in [0, 0.1) is 5.82 Å². The Hall–Kier alpha value is -0.640. The predicted molar refractivity (Wildman–Crippen MR) is 59.4 cm³/mol. The van der Waals surface area contributed by atoms with Gasteiger partial charge in [0.1, 0.15) is 5.82 Å². The second kappa shape index (κ2) is 4.47. The third kappa shape index (κ3) is 2.68. The van der Waals surface area contributed by atoms with Crippen LogP contribution in [-0.4, -0.2) is 12.6 Å². The van der Waals surface area contributed by atoms with Gasteiger partial charge in [0, 0.05) is 18.6 Å². The van der Waals surface area contributed by atoms with Crippen molar-refractivity contribution in [2.45, 2.75) is 24.9 Å². The minimum Gasteiger partial charge on any atom is -0.329 e. The molecule has 2 nitrogen and oxygen atoms in total. The first-order chi connectivity index (χ1) is 7.20. The van der Waals surface area contributed by atoms with Gasteiger partial charge >= 0.3 is 0 Å². The van der Waals surface area contributed by atoms with Gasteiger partial charge in [-0.2, -0.15) is 0 Å². The lowest BCUT2D eigenvalue weighted by molar-refractivity contribution is 0.533. The Kier molecular flexibility index (Phi) is 3.24. The van der Waals surface area contributed by atoms with Gasteiger partial charge in [0.05, 0.1) is 5.02 Å². The molecule has 0 saturated heterocycles. The highest BCUT2D eigenvalue weighted by atomic mass is 35.5. The highest BCUT2D eigenvalue weighted by Crippen LogP contribution is 2.25. The fourth-order valence-corrected chi connectivity index (χ4v) is 1.68. The molecule has 1 atom stereocenters. The van der Waals surface area contributed by atoms with Crippen molar-refractivity contribution >= 4 is 11.6 Å². The normalized spacial score (nSPS) is 17.8. The Labute approximate surface area is 93.6 Å². The molecule has 1 saturated carbocycles. The first kappa shape index (κ1) is 10.9. The van der Waals surface area contributed by atoms with Crippen molar-refractivity contribution in [3.8, 4) is 0 Å². The molecule has 0 bridgehead atoms. The highest BCUT2D eigenvalue weighted by Gasteiger charge is 2.24. The average molecular weight is 229 g/mol. The van der Waals surface area contributed by atoms with Crippen LogP contribution in [0.15, 0.2) is 18.2 Å². The molecule has 0 aromatic heterocycles. The SMILES string of the molecule is NCC(NC1CC1)c1ccc(Cl)c(F)c1. The van der Waals surface area contributed by atoms with Crippen LogP contribution >= 0.6 is 11.6 Å². The maximum absolute atomic E-state index is 13.2. The quantitative estimate of drug-likeness (QED) is 0.830. The van der Waals surface area contributed by atoms with E-state index >= 15 is 0 Å².